The van der Waals surface area contributed by atoms with Crippen LogP contribution in [0, 0.1) is 12.9 Å². The first kappa shape index (κ1) is 21.3. The largest absolute Gasteiger partial charge is 0.489 e. The van der Waals surface area contributed by atoms with Gasteiger partial charge in [0.05, 0.1) is 18.2 Å². The Morgan fingerprint density at radius 3 is 2.90 bits per heavy atom. The third-order valence-electron chi connectivity index (χ3n) is 5.16. The van der Waals surface area contributed by atoms with Crippen molar-refractivity contribution in [3.63, 3.8) is 0 Å². The summed E-state index contributed by atoms with van der Waals surface area (Å²) in [5.74, 6) is 0.160. The third-order valence-corrected chi connectivity index (χ3v) is 5.16. The Balaban J connectivity index is 0.00000240. The van der Waals surface area contributed by atoms with E-state index in [2.05, 4.69) is 20.9 Å². The van der Waals surface area contributed by atoms with E-state index in [1.54, 1.807) is 19.2 Å². The first-order chi connectivity index (χ1) is 13.7. The number of benzene rings is 1. The smallest absolute Gasteiger partial charge is 0.219 e. The Labute approximate surface area is 176 Å². The van der Waals surface area contributed by atoms with E-state index in [-0.39, 0.29) is 19.0 Å². The first-order valence-electron chi connectivity index (χ1n) is 9.55. The monoisotopic (exact) mass is 417 g/mol. The Bertz CT molecular complexity index is 985. The SMILES string of the molecule is COCC1CCCN1c1cc(C)nc2cc(OCc3cccnc3F)ccc12.Cl. The lowest BCUT2D eigenvalue weighted by atomic mass is 10.1. The number of aryl methyl sites for hydroxylation is 1. The molecule has 0 aliphatic carbocycles. The lowest BCUT2D eigenvalue weighted by molar-refractivity contribution is 0.181. The molecule has 1 atom stereocenters. The van der Waals surface area contributed by atoms with Gasteiger partial charge in [-0.2, -0.15) is 4.39 Å². The minimum absolute atomic E-state index is 0. The van der Waals surface area contributed by atoms with Gasteiger partial charge in [-0.25, -0.2) is 4.98 Å². The van der Waals surface area contributed by atoms with E-state index in [4.69, 9.17) is 9.47 Å². The van der Waals surface area contributed by atoms with Crippen molar-refractivity contribution < 1.29 is 13.9 Å². The van der Waals surface area contributed by atoms with Gasteiger partial charge in [-0.15, -0.1) is 12.4 Å². The molecule has 0 spiro atoms. The number of hydrogen-bond donors (Lipinski definition) is 0. The molecule has 3 aromatic rings. The average Bonchev–Trinajstić information content (AvgIpc) is 3.15. The molecule has 1 aliphatic heterocycles. The summed E-state index contributed by atoms with van der Waals surface area (Å²) >= 11 is 0. The fraction of sp³-hybridized carbons (Fsp3) is 0.364. The summed E-state index contributed by atoms with van der Waals surface area (Å²) in [5, 5.41) is 1.09. The molecule has 4 rings (SSSR count). The van der Waals surface area contributed by atoms with Crippen LogP contribution < -0.4 is 9.64 Å². The van der Waals surface area contributed by atoms with Gasteiger partial charge in [-0.1, -0.05) is 0 Å². The lowest BCUT2D eigenvalue weighted by Gasteiger charge is -2.28. The van der Waals surface area contributed by atoms with Crippen LogP contribution in [0.1, 0.15) is 24.1 Å². The highest BCUT2D eigenvalue weighted by Gasteiger charge is 2.26. The summed E-state index contributed by atoms with van der Waals surface area (Å²) in [4.78, 5) is 10.8. The van der Waals surface area contributed by atoms with Gasteiger partial charge in [0.2, 0.25) is 5.95 Å². The van der Waals surface area contributed by atoms with Crippen molar-refractivity contribution in [2.75, 3.05) is 25.2 Å². The molecule has 0 saturated carbocycles. The number of fused-ring (bicyclic) bond motifs is 1. The highest BCUT2D eigenvalue weighted by atomic mass is 35.5. The Kier molecular flexibility index (Phi) is 6.87. The zero-order valence-corrected chi connectivity index (χ0v) is 17.4. The van der Waals surface area contributed by atoms with E-state index < -0.39 is 5.95 Å². The van der Waals surface area contributed by atoms with Crippen molar-refractivity contribution in [1.29, 1.82) is 0 Å². The second kappa shape index (κ2) is 9.37. The fourth-order valence-corrected chi connectivity index (χ4v) is 3.85. The molecule has 2 aromatic heterocycles. The highest BCUT2D eigenvalue weighted by Crippen LogP contribution is 2.34. The van der Waals surface area contributed by atoms with Crippen LogP contribution in [0.25, 0.3) is 10.9 Å². The molecule has 29 heavy (non-hydrogen) atoms. The number of aromatic nitrogens is 2. The molecule has 154 valence electrons. The predicted molar refractivity (Wildman–Crippen MR) is 114 cm³/mol. The molecule has 0 amide bonds. The van der Waals surface area contributed by atoms with Crippen LogP contribution >= 0.6 is 12.4 Å². The minimum Gasteiger partial charge on any atom is -0.489 e. The van der Waals surface area contributed by atoms with Crippen LogP contribution in [-0.4, -0.2) is 36.3 Å². The number of hydrogen-bond acceptors (Lipinski definition) is 5. The van der Waals surface area contributed by atoms with Gasteiger partial charge in [0.15, 0.2) is 0 Å². The molecule has 1 fully saturated rings. The molecule has 1 unspecified atom stereocenters. The van der Waals surface area contributed by atoms with Crippen LogP contribution in [0.3, 0.4) is 0 Å². The second-order valence-electron chi connectivity index (χ2n) is 7.15. The number of methoxy groups -OCH3 is 1. The van der Waals surface area contributed by atoms with Crippen molar-refractivity contribution in [2.45, 2.75) is 32.4 Å². The van der Waals surface area contributed by atoms with E-state index in [1.807, 2.05) is 25.1 Å². The zero-order chi connectivity index (χ0) is 19.5. The number of nitrogens with zero attached hydrogens (tertiary/aromatic N) is 3. The van der Waals surface area contributed by atoms with Gasteiger partial charge < -0.3 is 14.4 Å². The summed E-state index contributed by atoms with van der Waals surface area (Å²) in [6, 6.07) is 11.8. The molecular weight excluding hydrogens is 393 g/mol. The highest BCUT2D eigenvalue weighted by molar-refractivity contribution is 5.93. The molecule has 1 aromatic carbocycles. The van der Waals surface area contributed by atoms with Crippen LogP contribution in [-0.2, 0) is 11.3 Å². The van der Waals surface area contributed by atoms with Crippen molar-refractivity contribution in [3.8, 4) is 5.75 Å². The van der Waals surface area contributed by atoms with Gasteiger partial charge >= 0.3 is 0 Å². The predicted octanol–water partition coefficient (Wildman–Crippen LogP) is 4.69. The van der Waals surface area contributed by atoms with Crippen molar-refractivity contribution >= 4 is 29.0 Å². The zero-order valence-electron chi connectivity index (χ0n) is 16.6. The second-order valence-corrected chi connectivity index (χ2v) is 7.15. The summed E-state index contributed by atoms with van der Waals surface area (Å²) in [6.07, 6.45) is 3.72. The molecular formula is C22H25ClFN3O2. The standard InChI is InChI=1S/C22H24FN3O2.ClH/c1-15-11-21(26-10-4-6-17(26)14-27-2)19-8-7-18(12-20(19)25-15)28-13-16-5-3-9-24-22(16)23;/h3,5,7-9,11-12,17H,4,6,10,13-14H2,1-2H3;1H. The lowest BCUT2D eigenvalue weighted by Crippen LogP contribution is -2.33. The summed E-state index contributed by atoms with van der Waals surface area (Å²) in [6.45, 7) is 3.88. The van der Waals surface area contributed by atoms with Crippen molar-refractivity contribution in [1.82, 2.24) is 9.97 Å². The van der Waals surface area contributed by atoms with Crippen LogP contribution in [0.4, 0.5) is 10.1 Å². The molecule has 0 bridgehead atoms. The summed E-state index contributed by atoms with van der Waals surface area (Å²) in [5.41, 5.74) is 3.45. The quantitative estimate of drug-likeness (QED) is 0.544. The Morgan fingerprint density at radius 1 is 1.24 bits per heavy atom. The Hall–Kier alpha value is -2.44. The number of halogens is 2. The van der Waals surface area contributed by atoms with Crippen molar-refractivity contribution in [2.24, 2.45) is 0 Å². The van der Waals surface area contributed by atoms with Crippen LogP contribution in [0.5, 0.6) is 5.75 Å². The topological polar surface area (TPSA) is 47.5 Å². The minimum atomic E-state index is -0.502. The third kappa shape index (κ3) is 4.60. The van der Waals surface area contributed by atoms with Crippen LogP contribution in [0.15, 0.2) is 42.6 Å². The van der Waals surface area contributed by atoms with Crippen molar-refractivity contribution in [3.05, 3.63) is 59.8 Å². The maximum absolute atomic E-state index is 13.7. The van der Waals surface area contributed by atoms with Gasteiger partial charge in [0.1, 0.15) is 12.4 Å². The molecule has 7 heteroatoms. The van der Waals surface area contributed by atoms with E-state index >= 15 is 0 Å². The number of rotatable bonds is 6. The number of pyridine rings is 2. The fourth-order valence-electron chi connectivity index (χ4n) is 3.85. The number of anilines is 1. The molecule has 5 nitrogen and oxygen atoms in total. The summed E-state index contributed by atoms with van der Waals surface area (Å²) in [7, 11) is 1.75. The molecule has 0 N–H and O–H groups in total. The first-order valence-corrected chi connectivity index (χ1v) is 9.55. The number of ether oxygens (including phenoxy) is 2. The summed E-state index contributed by atoms with van der Waals surface area (Å²) < 4.78 is 24.9. The molecule has 3 heterocycles. The van der Waals surface area contributed by atoms with Gasteiger partial charge in [0.25, 0.3) is 0 Å². The van der Waals surface area contributed by atoms with Gasteiger partial charge in [0, 0.05) is 48.2 Å². The van der Waals surface area contributed by atoms with Crippen LogP contribution in [0.2, 0.25) is 0 Å². The van der Waals surface area contributed by atoms with E-state index in [0.29, 0.717) is 17.4 Å². The normalized spacial score (nSPS) is 16.1. The van der Waals surface area contributed by atoms with Gasteiger partial charge in [-0.3, -0.25) is 4.98 Å². The molecule has 0 radical (unpaired) electrons. The van der Waals surface area contributed by atoms with E-state index in [0.717, 1.165) is 42.6 Å². The van der Waals surface area contributed by atoms with Gasteiger partial charge in [-0.05, 0) is 50.1 Å². The maximum Gasteiger partial charge on any atom is 0.219 e. The maximum atomic E-state index is 13.7. The molecule has 1 saturated heterocycles. The van der Waals surface area contributed by atoms with E-state index in [9.17, 15) is 4.39 Å². The molecule has 1 aliphatic rings. The average molecular weight is 418 g/mol. The Morgan fingerprint density at radius 2 is 2.10 bits per heavy atom. The van der Waals surface area contributed by atoms with E-state index in [1.165, 1.54) is 11.9 Å².